The molecule has 0 saturated carbocycles. The highest BCUT2D eigenvalue weighted by atomic mass is 32.1. The van der Waals surface area contributed by atoms with E-state index in [0.717, 1.165) is 21.9 Å². The lowest BCUT2D eigenvalue weighted by atomic mass is 10.2. The highest BCUT2D eigenvalue weighted by Crippen LogP contribution is 2.26. The maximum Gasteiger partial charge on any atom is 0.312 e. The minimum absolute atomic E-state index is 0.0182. The van der Waals surface area contributed by atoms with Gasteiger partial charge in [-0.3, -0.25) is 9.59 Å². The third kappa shape index (κ3) is 5.17. The molecule has 0 aliphatic carbocycles. The van der Waals surface area contributed by atoms with Crippen LogP contribution in [0.25, 0.3) is 10.6 Å². The first-order valence-electron chi connectivity index (χ1n) is 8.65. The first-order valence-corrected chi connectivity index (χ1v) is 9.53. The smallest absolute Gasteiger partial charge is 0.312 e. The van der Waals surface area contributed by atoms with E-state index in [9.17, 15) is 9.59 Å². The molecule has 0 saturated heterocycles. The van der Waals surface area contributed by atoms with Crippen LogP contribution in [0.4, 0.5) is 5.69 Å². The van der Waals surface area contributed by atoms with Crippen LogP contribution in [0.1, 0.15) is 11.3 Å². The number of nitrogens with one attached hydrogen (secondary N) is 1. The maximum atomic E-state index is 12.0. The minimum Gasteiger partial charge on any atom is -0.497 e. The normalized spacial score (nSPS) is 10.4. The molecule has 144 valence electrons. The molecule has 0 radical (unpaired) electrons. The van der Waals surface area contributed by atoms with Gasteiger partial charge in [-0.05, 0) is 42.8 Å². The van der Waals surface area contributed by atoms with Gasteiger partial charge in [0.25, 0.3) is 5.91 Å². The average molecular weight is 396 g/mol. The number of carbonyl (C=O) groups excluding carboxylic acids is 2. The summed E-state index contributed by atoms with van der Waals surface area (Å²) in [7, 11) is 1.61. The summed E-state index contributed by atoms with van der Waals surface area (Å²) < 4.78 is 10.2. The monoisotopic (exact) mass is 396 g/mol. The largest absolute Gasteiger partial charge is 0.497 e. The third-order valence-corrected chi connectivity index (χ3v) is 4.94. The number of esters is 1. The number of thiazole rings is 1. The molecule has 1 heterocycles. The van der Waals surface area contributed by atoms with Crippen molar-refractivity contribution in [3.05, 3.63) is 65.2 Å². The van der Waals surface area contributed by atoms with E-state index in [1.807, 2.05) is 54.8 Å². The highest BCUT2D eigenvalue weighted by Gasteiger charge is 2.12. The molecule has 0 fully saturated rings. The van der Waals surface area contributed by atoms with Crippen LogP contribution in [-0.4, -0.2) is 30.6 Å². The predicted molar refractivity (Wildman–Crippen MR) is 109 cm³/mol. The standard InChI is InChI=1S/C21H20N2O4S/c1-14-5-3-4-6-18(14)23-19(24)12-27-20(25)11-16-13-28-21(22-16)15-7-9-17(26-2)10-8-15/h3-10,13H,11-12H2,1-2H3,(H,23,24). The molecule has 0 spiro atoms. The second-order valence-corrected chi connectivity index (χ2v) is 6.93. The summed E-state index contributed by atoms with van der Waals surface area (Å²) in [6.07, 6.45) is 0.0182. The minimum atomic E-state index is -0.494. The molecule has 0 aliphatic rings. The molecule has 1 N–H and O–H groups in total. The van der Waals surface area contributed by atoms with Crippen molar-refractivity contribution in [1.29, 1.82) is 0 Å². The highest BCUT2D eigenvalue weighted by molar-refractivity contribution is 7.13. The fourth-order valence-electron chi connectivity index (χ4n) is 2.50. The van der Waals surface area contributed by atoms with Crippen molar-refractivity contribution in [2.75, 3.05) is 19.0 Å². The Bertz CT molecular complexity index is 967. The van der Waals surface area contributed by atoms with Crippen LogP contribution in [0.3, 0.4) is 0 Å². The van der Waals surface area contributed by atoms with Crippen molar-refractivity contribution in [3.8, 4) is 16.3 Å². The molecule has 2 aromatic carbocycles. The number of hydrogen-bond acceptors (Lipinski definition) is 6. The first kappa shape index (κ1) is 19.6. The van der Waals surface area contributed by atoms with Crippen molar-refractivity contribution in [3.63, 3.8) is 0 Å². The SMILES string of the molecule is COc1ccc(-c2nc(CC(=O)OCC(=O)Nc3ccccc3C)cs2)cc1. The van der Waals surface area contributed by atoms with E-state index in [1.165, 1.54) is 11.3 Å². The molecule has 6 nitrogen and oxygen atoms in total. The molecule has 3 aromatic rings. The fourth-order valence-corrected chi connectivity index (χ4v) is 3.32. The number of nitrogens with zero attached hydrogens (tertiary/aromatic N) is 1. The molecule has 1 amide bonds. The van der Waals surface area contributed by atoms with Gasteiger partial charge in [0.1, 0.15) is 10.8 Å². The van der Waals surface area contributed by atoms with Gasteiger partial charge in [-0.25, -0.2) is 4.98 Å². The van der Waals surface area contributed by atoms with Crippen molar-refractivity contribution < 1.29 is 19.1 Å². The van der Waals surface area contributed by atoms with Crippen LogP contribution in [0, 0.1) is 6.92 Å². The Morgan fingerprint density at radius 1 is 1.11 bits per heavy atom. The zero-order chi connectivity index (χ0) is 19.9. The van der Waals surface area contributed by atoms with Crippen LogP contribution >= 0.6 is 11.3 Å². The quantitative estimate of drug-likeness (QED) is 0.614. The molecule has 0 unspecified atom stereocenters. The van der Waals surface area contributed by atoms with E-state index in [4.69, 9.17) is 9.47 Å². The Hall–Kier alpha value is -3.19. The summed E-state index contributed by atoms with van der Waals surface area (Å²) in [6.45, 7) is 1.56. The number of para-hydroxylation sites is 1. The Balaban J connectivity index is 1.50. The van der Waals surface area contributed by atoms with E-state index in [0.29, 0.717) is 11.4 Å². The van der Waals surface area contributed by atoms with Crippen LogP contribution < -0.4 is 10.1 Å². The lowest BCUT2D eigenvalue weighted by Gasteiger charge is -2.08. The second kappa shape index (κ2) is 9.14. The van der Waals surface area contributed by atoms with E-state index in [2.05, 4.69) is 10.3 Å². The molecule has 0 aliphatic heterocycles. The number of aryl methyl sites for hydroxylation is 1. The van der Waals surface area contributed by atoms with Gasteiger partial charge in [0, 0.05) is 16.6 Å². The van der Waals surface area contributed by atoms with Crippen LogP contribution in [-0.2, 0) is 20.7 Å². The van der Waals surface area contributed by atoms with Gasteiger partial charge in [0.15, 0.2) is 6.61 Å². The van der Waals surface area contributed by atoms with Gasteiger partial charge in [-0.1, -0.05) is 18.2 Å². The number of rotatable bonds is 7. The fraction of sp³-hybridized carbons (Fsp3) is 0.190. The van der Waals surface area contributed by atoms with E-state index < -0.39 is 5.97 Å². The Labute approximate surface area is 167 Å². The van der Waals surface area contributed by atoms with Crippen LogP contribution in [0.5, 0.6) is 5.75 Å². The maximum absolute atomic E-state index is 12.0. The number of ether oxygens (including phenoxy) is 2. The van der Waals surface area contributed by atoms with Crippen molar-refractivity contribution >= 4 is 28.9 Å². The zero-order valence-electron chi connectivity index (χ0n) is 15.6. The van der Waals surface area contributed by atoms with Crippen molar-refractivity contribution in [2.45, 2.75) is 13.3 Å². The summed E-state index contributed by atoms with van der Waals surface area (Å²) >= 11 is 1.45. The van der Waals surface area contributed by atoms with Gasteiger partial charge in [-0.15, -0.1) is 11.3 Å². The summed E-state index contributed by atoms with van der Waals surface area (Å²) in [5, 5.41) is 5.35. The molecular formula is C21H20N2O4S. The molecule has 7 heteroatoms. The zero-order valence-corrected chi connectivity index (χ0v) is 16.4. The van der Waals surface area contributed by atoms with Gasteiger partial charge >= 0.3 is 5.97 Å². The second-order valence-electron chi connectivity index (χ2n) is 6.07. The molecule has 0 bridgehead atoms. The van der Waals surface area contributed by atoms with E-state index in [-0.39, 0.29) is 18.9 Å². The van der Waals surface area contributed by atoms with E-state index >= 15 is 0 Å². The average Bonchev–Trinajstić information content (AvgIpc) is 3.16. The first-order chi connectivity index (χ1) is 13.5. The number of methoxy groups -OCH3 is 1. The molecule has 0 atom stereocenters. The lowest BCUT2D eigenvalue weighted by molar-refractivity contribution is -0.146. The Morgan fingerprint density at radius 2 is 1.86 bits per heavy atom. The van der Waals surface area contributed by atoms with Gasteiger partial charge < -0.3 is 14.8 Å². The van der Waals surface area contributed by atoms with Gasteiger partial charge in [0.05, 0.1) is 19.2 Å². The number of aromatic nitrogens is 1. The number of carbonyl (C=O) groups is 2. The lowest BCUT2D eigenvalue weighted by Crippen LogP contribution is -2.22. The number of benzene rings is 2. The van der Waals surface area contributed by atoms with Gasteiger partial charge in [0.2, 0.25) is 0 Å². The summed E-state index contributed by atoms with van der Waals surface area (Å²) in [4.78, 5) is 28.4. The molecule has 28 heavy (non-hydrogen) atoms. The topological polar surface area (TPSA) is 77.5 Å². The Kier molecular flexibility index (Phi) is 6.39. The van der Waals surface area contributed by atoms with Crippen molar-refractivity contribution in [2.24, 2.45) is 0 Å². The third-order valence-electron chi connectivity index (χ3n) is 4.00. The number of amides is 1. The summed E-state index contributed by atoms with van der Waals surface area (Å²) in [5.74, 6) is -0.0977. The van der Waals surface area contributed by atoms with Crippen LogP contribution in [0.15, 0.2) is 53.9 Å². The summed E-state index contributed by atoms with van der Waals surface area (Å²) in [5.41, 5.74) is 3.20. The van der Waals surface area contributed by atoms with E-state index in [1.54, 1.807) is 13.2 Å². The Morgan fingerprint density at radius 3 is 2.57 bits per heavy atom. The predicted octanol–water partition coefficient (Wildman–Crippen LogP) is 3.85. The number of anilines is 1. The molecular weight excluding hydrogens is 376 g/mol. The van der Waals surface area contributed by atoms with Crippen LogP contribution in [0.2, 0.25) is 0 Å². The number of hydrogen-bond donors (Lipinski definition) is 1. The molecule has 3 rings (SSSR count). The van der Waals surface area contributed by atoms with Gasteiger partial charge in [-0.2, -0.15) is 0 Å². The summed E-state index contributed by atoms with van der Waals surface area (Å²) in [6, 6.07) is 15.0. The van der Waals surface area contributed by atoms with Crippen molar-refractivity contribution in [1.82, 2.24) is 4.98 Å². The molecule has 1 aromatic heterocycles.